The van der Waals surface area contributed by atoms with Gasteiger partial charge in [0.1, 0.15) is 16.7 Å². The molecule has 0 aromatic heterocycles. The Hall–Kier alpha value is -1.64. The largest absolute Gasteiger partial charge is 0.383 e. The monoisotopic (exact) mass is 381 g/mol. The fourth-order valence-electron chi connectivity index (χ4n) is 3.54. The molecule has 26 heavy (non-hydrogen) atoms. The Kier molecular flexibility index (Phi) is 6.16. The third-order valence-corrected chi connectivity index (χ3v) is 6.41. The normalized spacial score (nSPS) is 24.8. The predicted molar refractivity (Wildman–Crippen MR) is 98.2 cm³/mol. The third kappa shape index (κ3) is 3.72. The first-order valence-corrected chi connectivity index (χ1v) is 9.76. The van der Waals surface area contributed by atoms with Crippen LogP contribution in [-0.4, -0.2) is 61.9 Å². The maximum atomic E-state index is 13.3. The lowest BCUT2D eigenvalue weighted by atomic mass is 10.0. The standard InChI is InChI=1S/C18H24FN3O3S/c1-25-11-10-20-8-9-21-17(24)15-12-26-18(7-6-16(23)22(15)18)13-2-4-14(19)5-3-13/h2-5,15,20H,6-12H2,1H3,(H,21,24). The van der Waals surface area contributed by atoms with Crippen molar-refractivity contribution < 1.29 is 18.7 Å². The van der Waals surface area contributed by atoms with Crippen LogP contribution < -0.4 is 10.6 Å². The minimum absolute atomic E-state index is 0.0160. The first kappa shape index (κ1) is 19.1. The summed E-state index contributed by atoms with van der Waals surface area (Å²) in [5.74, 6) is 0.0914. The molecule has 0 aliphatic carbocycles. The number of fused-ring (bicyclic) bond motifs is 1. The number of amides is 2. The summed E-state index contributed by atoms with van der Waals surface area (Å²) in [6.45, 7) is 2.49. The number of thioether (sulfide) groups is 1. The van der Waals surface area contributed by atoms with Gasteiger partial charge in [-0.2, -0.15) is 0 Å². The van der Waals surface area contributed by atoms with Crippen LogP contribution in [-0.2, 0) is 19.2 Å². The van der Waals surface area contributed by atoms with Crippen molar-refractivity contribution in [3.63, 3.8) is 0 Å². The zero-order valence-electron chi connectivity index (χ0n) is 14.8. The quantitative estimate of drug-likeness (QED) is 0.659. The van der Waals surface area contributed by atoms with E-state index in [0.717, 1.165) is 12.1 Å². The molecule has 2 atom stereocenters. The number of rotatable bonds is 8. The summed E-state index contributed by atoms with van der Waals surface area (Å²) < 4.78 is 18.2. The van der Waals surface area contributed by atoms with Crippen LogP contribution in [0.5, 0.6) is 0 Å². The lowest BCUT2D eigenvalue weighted by Crippen LogP contribution is -2.50. The molecule has 0 spiro atoms. The summed E-state index contributed by atoms with van der Waals surface area (Å²) in [5, 5.41) is 6.07. The van der Waals surface area contributed by atoms with Crippen LogP contribution >= 0.6 is 11.8 Å². The summed E-state index contributed by atoms with van der Waals surface area (Å²) in [7, 11) is 1.64. The highest BCUT2D eigenvalue weighted by Crippen LogP contribution is 2.54. The van der Waals surface area contributed by atoms with Crippen LogP contribution in [0.4, 0.5) is 4.39 Å². The number of carbonyl (C=O) groups is 2. The van der Waals surface area contributed by atoms with E-state index in [4.69, 9.17) is 4.74 Å². The summed E-state index contributed by atoms with van der Waals surface area (Å²) in [6, 6.07) is 5.76. The maximum absolute atomic E-state index is 13.3. The van der Waals surface area contributed by atoms with Crippen LogP contribution in [0.15, 0.2) is 24.3 Å². The molecule has 6 nitrogen and oxygen atoms in total. The van der Waals surface area contributed by atoms with Crippen molar-refractivity contribution in [2.45, 2.75) is 23.8 Å². The summed E-state index contributed by atoms with van der Waals surface area (Å²) in [5.41, 5.74) is 0.881. The van der Waals surface area contributed by atoms with Gasteiger partial charge in [-0.25, -0.2) is 4.39 Å². The molecule has 2 fully saturated rings. The van der Waals surface area contributed by atoms with E-state index in [0.29, 0.717) is 38.3 Å². The van der Waals surface area contributed by atoms with E-state index in [9.17, 15) is 14.0 Å². The van der Waals surface area contributed by atoms with E-state index >= 15 is 0 Å². The zero-order chi connectivity index (χ0) is 18.6. The van der Waals surface area contributed by atoms with E-state index in [2.05, 4.69) is 10.6 Å². The highest BCUT2D eigenvalue weighted by Gasteiger charge is 2.56. The zero-order valence-corrected chi connectivity index (χ0v) is 15.6. The Morgan fingerprint density at radius 3 is 2.85 bits per heavy atom. The van der Waals surface area contributed by atoms with E-state index in [1.54, 1.807) is 35.9 Å². The van der Waals surface area contributed by atoms with Gasteiger partial charge in [-0.05, 0) is 24.1 Å². The van der Waals surface area contributed by atoms with E-state index in [1.165, 1.54) is 12.1 Å². The van der Waals surface area contributed by atoms with Gasteiger partial charge in [-0.15, -0.1) is 11.8 Å². The predicted octanol–water partition coefficient (Wildman–Crippen LogP) is 1.07. The topological polar surface area (TPSA) is 70.7 Å². The van der Waals surface area contributed by atoms with Crippen LogP contribution in [0, 0.1) is 5.82 Å². The summed E-state index contributed by atoms with van der Waals surface area (Å²) >= 11 is 1.60. The van der Waals surface area contributed by atoms with Gasteiger partial charge in [0.2, 0.25) is 11.8 Å². The van der Waals surface area contributed by atoms with Crippen LogP contribution in [0.2, 0.25) is 0 Å². The molecule has 2 amide bonds. The van der Waals surface area contributed by atoms with Crippen molar-refractivity contribution in [3.8, 4) is 0 Å². The molecule has 2 heterocycles. The van der Waals surface area contributed by atoms with Crippen molar-refractivity contribution in [1.29, 1.82) is 0 Å². The molecule has 1 aromatic carbocycles. The fourth-order valence-corrected chi connectivity index (χ4v) is 5.19. The summed E-state index contributed by atoms with van der Waals surface area (Å²) in [4.78, 5) is 26.3. The molecule has 2 aliphatic rings. The van der Waals surface area contributed by atoms with Crippen molar-refractivity contribution >= 4 is 23.6 Å². The fraction of sp³-hybridized carbons (Fsp3) is 0.556. The van der Waals surface area contributed by atoms with Gasteiger partial charge in [-0.3, -0.25) is 9.59 Å². The molecule has 8 heteroatoms. The lowest BCUT2D eigenvalue weighted by molar-refractivity contribution is -0.138. The maximum Gasteiger partial charge on any atom is 0.243 e. The summed E-state index contributed by atoms with van der Waals surface area (Å²) in [6.07, 6.45) is 1.05. The van der Waals surface area contributed by atoms with Gasteiger partial charge in [0, 0.05) is 38.9 Å². The molecule has 1 aromatic rings. The molecule has 0 radical (unpaired) electrons. The first-order chi connectivity index (χ1) is 12.6. The van der Waals surface area contributed by atoms with Gasteiger partial charge < -0.3 is 20.3 Å². The molecule has 0 bridgehead atoms. The number of nitrogens with zero attached hydrogens (tertiary/aromatic N) is 1. The smallest absolute Gasteiger partial charge is 0.243 e. The van der Waals surface area contributed by atoms with Gasteiger partial charge in [0.25, 0.3) is 0 Å². The number of hydrogen-bond acceptors (Lipinski definition) is 5. The molecular weight excluding hydrogens is 357 g/mol. The van der Waals surface area contributed by atoms with Crippen molar-refractivity contribution in [2.24, 2.45) is 0 Å². The van der Waals surface area contributed by atoms with Gasteiger partial charge >= 0.3 is 0 Å². The number of halogens is 1. The van der Waals surface area contributed by atoms with Crippen LogP contribution in [0.1, 0.15) is 18.4 Å². The average molecular weight is 381 g/mol. The number of benzene rings is 1. The first-order valence-electron chi connectivity index (χ1n) is 8.78. The van der Waals surface area contributed by atoms with E-state index in [-0.39, 0.29) is 17.6 Å². The second-order valence-electron chi connectivity index (χ2n) is 6.42. The number of nitrogens with one attached hydrogen (secondary N) is 2. The van der Waals surface area contributed by atoms with Gasteiger partial charge in [-0.1, -0.05) is 12.1 Å². The second kappa shape index (κ2) is 8.37. The number of carbonyl (C=O) groups excluding carboxylic acids is 2. The Balaban J connectivity index is 1.64. The Morgan fingerprint density at radius 1 is 1.35 bits per heavy atom. The van der Waals surface area contributed by atoms with Crippen molar-refractivity contribution in [1.82, 2.24) is 15.5 Å². The molecule has 0 saturated carbocycles. The SMILES string of the molecule is COCCNCCNC(=O)C1CSC2(c3ccc(F)cc3)CCC(=O)N12. The molecule has 2 unspecified atom stereocenters. The molecule has 2 saturated heterocycles. The van der Waals surface area contributed by atoms with Gasteiger partial charge in [0.05, 0.1) is 6.61 Å². The number of ether oxygens (including phenoxy) is 1. The molecule has 2 N–H and O–H groups in total. The molecule has 3 rings (SSSR count). The highest BCUT2D eigenvalue weighted by atomic mass is 32.2. The Bertz CT molecular complexity index is 658. The van der Waals surface area contributed by atoms with Gasteiger partial charge in [0.15, 0.2) is 0 Å². The third-order valence-electron chi connectivity index (χ3n) is 4.81. The highest BCUT2D eigenvalue weighted by molar-refractivity contribution is 8.00. The number of hydrogen-bond donors (Lipinski definition) is 2. The van der Waals surface area contributed by atoms with Crippen molar-refractivity contribution in [2.75, 3.05) is 39.1 Å². The minimum atomic E-state index is -0.552. The van der Waals surface area contributed by atoms with E-state index in [1.807, 2.05) is 0 Å². The minimum Gasteiger partial charge on any atom is -0.383 e. The average Bonchev–Trinajstić information content (AvgIpc) is 3.18. The molecule has 142 valence electrons. The van der Waals surface area contributed by atoms with Crippen molar-refractivity contribution in [3.05, 3.63) is 35.6 Å². The molecule has 2 aliphatic heterocycles. The van der Waals surface area contributed by atoms with Crippen LogP contribution in [0.3, 0.4) is 0 Å². The van der Waals surface area contributed by atoms with Crippen LogP contribution in [0.25, 0.3) is 0 Å². The lowest BCUT2D eigenvalue weighted by Gasteiger charge is -2.34. The Morgan fingerprint density at radius 2 is 2.12 bits per heavy atom. The Labute approximate surface area is 156 Å². The van der Waals surface area contributed by atoms with E-state index < -0.39 is 10.9 Å². The number of methoxy groups -OCH3 is 1. The molecular formula is C18H24FN3O3S. The second-order valence-corrected chi connectivity index (χ2v) is 7.71.